The fourth-order valence-corrected chi connectivity index (χ4v) is 4.04. The molecule has 0 bridgehead atoms. The SMILES string of the molecule is CCC(=O)N1CCC[C@H]1c1nc2ccccc2n1Cc1cccc(C)c1. The van der Waals surface area contributed by atoms with Gasteiger partial charge in [-0.15, -0.1) is 0 Å². The second-order valence-corrected chi connectivity index (χ2v) is 7.13. The summed E-state index contributed by atoms with van der Waals surface area (Å²) in [5, 5.41) is 0. The van der Waals surface area contributed by atoms with Crippen LogP contribution in [0.3, 0.4) is 0 Å². The summed E-state index contributed by atoms with van der Waals surface area (Å²) in [6.45, 7) is 5.68. The smallest absolute Gasteiger partial charge is 0.222 e. The molecule has 1 aromatic heterocycles. The Morgan fingerprint density at radius 2 is 2.04 bits per heavy atom. The molecule has 2 aromatic carbocycles. The lowest BCUT2D eigenvalue weighted by Gasteiger charge is -2.25. The van der Waals surface area contributed by atoms with Crippen molar-refractivity contribution < 1.29 is 4.79 Å². The van der Waals surface area contributed by atoms with Gasteiger partial charge in [0.1, 0.15) is 5.82 Å². The monoisotopic (exact) mass is 347 g/mol. The lowest BCUT2D eigenvalue weighted by molar-refractivity contribution is -0.131. The van der Waals surface area contributed by atoms with Gasteiger partial charge >= 0.3 is 0 Å². The fourth-order valence-electron chi connectivity index (χ4n) is 4.04. The van der Waals surface area contributed by atoms with Gasteiger partial charge in [-0.2, -0.15) is 0 Å². The first kappa shape index (κ1) is 16.8. The third-order valence-electron chi connectivity index (χ3n) is 5.28. The lowest BCUT2D eigenvalue weighted by Crippen LogP contribution is -2.31. The number of fused-ring (bicyclic) bond motifs is 1. The van der Waals surface area contributed by atoms with Gasteiger partial charge in [0.15, 0.2) is 0 Å². The van der Waals surface area contributed by atoms with E-state index < -0.39 is 0 Å². The van der Waals surface area contributed by atoms with Crippen LogP contribution < -0.4 is 0 Å². The number of carbonyl (C=O) groups is 1. The Kier molecular flexibility index (Phi) is 4.49. The van der Waals surface area contributed by atoms with Gasteiger partial charge in [0.2, 0.25) is 5.91 Å². The maximum atomic E-state index is 12.4. The first-order valence-corrected chi connectivity index (χ1v) is 9.47. The van der Waals surface area contributed by atoms with E-state index >= 15 is 0 Å². The molecule has 1 aliphatic rings. The number of aromatic nitrogens is 2. The third-order valence-corrected chi connectivity index (χ3v) is 5.28. The molecule has 134 valence electrons. The zero-order valence-corrected chi connectivity index (χ0v) is 15.5. The van der Waals surface area contributed by atoms with Crippen LogP contribution in [0.1, 0.15) is 49.2 Å². The minimum absolute atomic E-state index is 0.0830. The van der Waals surface area contributed by atoms with E-state index in [0.29, 0.717) is 6.42 Å². The van der Waals surface area contributed by atoms with E-state index in [4.69, 9.17) is 4.98 Å². The number of imidazole rings is 1. The summed E-state index contributed by atoms with van der Waals surface area (Å²) in [6, 6.07) is 17.0. The molecule has 26 heavy (non-hydrogen) atoms. The molecule has 1 amide bonds. The number of rotatable bonds is 4. The van der Waals surface area contributed by atoms with Crippen LogP contribution in [-0.2, 0) is 11.3 Å². The van der Waals surface area contributed by atoms with Crippen molar-refractivity contribution in [1.82, 2.24) is 14.5 Å². The second-order valence-electron chi connectivity index (χ2n) is 7.13. The molecule has 4 nitrogen and oxygen atoms in total. The molecule has 4 heteroatoms. The van der Waals surface area contributed by atoms with Gasteiger partial charge in [-0.3, -0.25) is 4.79 Å². The molecular weight excluding hydrogens is 322 g/mol. The average molecular weight is 347 g/mol. The van der Waals surface area contributed by atoms with E-state index in [1.807, 2.05) is 17.9 Å². The van der Waals surface area contributed by atoms with E-state index in [1.54, 1.807) is 0 Å². The highest BCUT2D eigenvalue weighted by atomic mass is 16.2. The third kappa shape index (κ3) is 3.00. The van der Waals surface area contributed by atoms with Crippen molar-refractivity contribution in [2.45, 2.75) is 45.7 Å². The molecule has 0 unspecified atom stereocenters. The molecule has 0 radical (unpaired) electrons. The van der Waals surface area contributed by atoms with E-state index in [2.05, 4.69) is 54.0 Å². The zero-order valence-electron chi connectivity index (χ0n) is 15.5. The average Bonchev–Trinajstić information content (AvgIpc) is 3.26. The molecule has 0 aliphatic carbocycles. The van der Waals surface area contributed by atoms with Crippen LogP contribution >= 0.6 is 0 Å². The van der Waals surface area contributed by atoms with Crippen molar-refractivity contribution in [3.8, 4) is 0 Å². The number of nitrogens with zero attached hydrogens (tertiary/aromatic N) is 3. The number of carbonyl (C=O) groups excluding carboxylic acids is 1. The molecule has 1 aliphatic heterocycles. The quantitative estimate of drug-likeness (QED) is 0.698. The van der Waals surface area contributed by atoms with Crippen molar-refractivity contribution in [3.05, 3.63) is 65.5 Å². The normalized spacial score (nSPS) is 17.2. The van der Waals surface area contributed by atoms with Gasteiger partial charge < -0.3 is 9.47 Å². The van der Waals surface area contributed by atoms with E-state index in [-0.39, 0.29) is 11.9 Å². The summed E-state index contributed by atoms with van der Waals surface area (Å²) in [5.41, 5.74) is 4.67. The Balaban J connectivity index is 1.80. The fraction of sp³-hybridized carbons (Fsp3) is 0.364. The van der Waals surface area contributed by atoms with Gasteiger partial charge in [0.25, 0.3) is 0 Å². The summed E-state index contributed by atoms with van der Waals surface area (Å²) in [5.74, 6) is 1.24. The highest BCUT2D eigenvalue weighted by Crippen LogP contribution is 2.34. The van der Waals surface area contributed by atoms with Crippen molar-refractivity contribution in [2.24, 2.45) is 0 Å². The Bertz CT molecular complexity index is 943. The first-order valence-electron chi connectivity index (χ1n) is 9.47. The molecule has 0 N–H and O–H groups in total. The maximum Gasteiger partial charge on any atom is 0.222 e. The first-order chi connectivity index (χ1) is 12.7. The molecule has 2 heterocycles. The molecule has 1 atom stereocenters. The summed E-state index contributed by atoms with van der Waals surface area (Å²) in [6.07, 6.45) is 2.58. The Labute approximate surface area is 154 Å². The van der Waals surface area contributed by atoms with Crippen LogP contribution in [0.15, 0.2) is 48.5 Å². The minimum Gasteiger partial charge on any atom is -0.333 e. The van der Waals surface area contributed by atoms with Gasteiger partial charge in [-0.1, -0.05) is 48.9 Å². The highest BCUT2D eigenvalue weighted by Gasteiger charge is 2.32. The number of hydrogen-bond acceptors (Lipinski definition) is 2. The molecule has 4 rings (SSSR count). The lowest BCUT2D eigenvalue weighted by atomic mass is 10.1. The predicted molar refractivity (Wildman–Crippen MR) is 104 cm³/mol. The number of para-hydroxylation sites is 2. The van der Waals surface area contributed by atoms with Gasteiger partial charge in [0, 0.05) is 19.5 Å². The zero-order chi connectivity index (χ0) is 18.1. The van der Waals surface area contributed by atoms with Crippen molar-refractivity contribution >= 4 is 16.9 Å². The topological polar surface area (TPSA) is 38.1 Å². The van der Waals surface area contributed by atoms with Crippen molar-refractivity contribution in [3.63, 3.8) is 0 Å². The van der Waals surface area contributed by atoms with Gasteiger partial charge in [-0.05, 0) is 37.5 Å². The standard InChI is InChI=1S/C22H25N3O/c1-3-21(26)24-13-7-12-20(24)22-23-18-10-4-5-11-19(18)25(22)15-17-9-6-8-16(2)14-17/h4-6,8-11,14,20H,3,7,12-13,15H2,1-2H3/t20-/m0/s1. The minimum atomic E-state index is 0.0830. The predicted octanol–water partition coefficient (Wildman–Crippen LogP) is 4.47. The maximum absolute atomic E-state index is 12.4. The summed E-state index contributed by atoms with van der Waals surface area (Å²) < 4.78 is 2.30. The summed E-state index contributed by atoms with van der Waals surface area (Å²) in [4.78, 5) is 19.4. The Morgan fingerprint density at radius 1 is 1.19 bits per heavy atom. The molecular formula is C22H25N3O. The van der Waals surface area contributed by atoms with Gasteiger partial charge in [-0.25, -0.2) is 4.98 Å². The highest BCUT2D eigenvalue weighted by molar-refractivity contribution is 5.78. The number of aryl methyl sites for hydroxylation is 1. The van der Waals surface area contributed by atoms with E-state index in [9.17, 15) is 4.79 Å². The van der Waals surface area contributed by atoms with Crippen molar-refractivity contribution in [2.75, 3.05) is 6.54 Å². The summed E-state index contributed by atoms with van der Waals surface area (Å²) >= 11 is 0. The largest absolute Gasteiger partial charge is 0.333 e. The van der Waals surface area contributed by atoms with Crippen LogP contribution in [0.25, 0.3) is 11.0 Å². The number of benzene rings is 2. The van der Waals surface area contributed by atoms with Crippen LogP contribution in [0.5, 0.6) is 0 Å². The molecule has 1 saturated heterocycles. The molecule has 3 aromatic rings. The molecule has 0 spiro atoms. The van der Waals surface area contributed by atoms with E-state index in [1.165, 1.54) is 11.1 Å². The summed E-state index contributed by atoms with van der Waals surface area (Å²) in [7, 11) is 0. The van der Waals surface area contributed by atoms with E-state index in [0.717, 1.165) is 42.8 Å². The molecule has 0 saturated carbocycles. The number of amides is 1. The van der Waals surface area contributed by atoms with Gasteiger partial charge in [0.05, 0.1) is 17.1 Å². The number of hydrogen-bond donors (Lipinski definition) is 0. The number of likely N-dealkylation sites (tertiary alicyclic amines) is 1. The van der Waals surface area contributed by atoms with Crippen molar-refractivity contribution in [1.29, 1.82) is 0 Å². The molecule has 1 fully saturated rings. The van der Waals surface area contributed by atoms with Crippen LogP contribution in [0, 0.1) is 6.92 Å². The van der Waals surface area contributed by atoms with Crippen LogP contribution in [0.4, 0.5) is 0 Å². The Morgan fingerprint density at radius 3 is 2.85 bits per heavy atom. The second kappa shape index (κ2) is 6.94. The van der Waals surface area contributed by atoms with Crippen LogP contribution in [0.2, 0.25) is 0 Å². The Hall–Kier alpha value is -2.62. The van der Waals surface area contributed by atoms with Crippen LogP contribution in [-0.4, -0.2) is 26.9 Å².